The van der Waals surface area contributed by atoms with E-state index in [1.807, 2.05) is 0 Å². The zero-order valence-corrected chi connectivity index (χ0v) is 9.04. The van der Waals surface area contributed by atoms with Crippen molar-refractivity contribution in [2.24, 2.45) is 0 Å². The van der Waals surface area contributed by atoms with Crippen molar-refractivity contribution in [2.75, 3.05) is 0 Å². The van der Waals surface area contributed by atoms with Crippen LogP contribution in [-0.4, -0.2) is 9.97 Å². The second-order valence-electron chi connectivity index (χ2n) is 3.72. The first-order valence-corrected chi connectivity index (χ1v) is 4.90. The Bertz CT molecular complexity index is 570. The maximum Gasteiger partial charge on any atom is 0.254 e. The van der Waals surface area contributed by atoms with Crippen LogP contribution in [0.1, 0.15) is 11.1 Å². The summed E-state index contributed by atoms with van der Waals surface area (Å²) >= 11 is 0. The Kier molecular flexibility index (Phi) is 2.56. The average Bonchev–Trinajstić information content (AvgIpc) is 2.20. The normalized spacial score (nSPS) is 10.4. The van der Waals surface area contributed by atoms with Gasteiger partial charge in [0.1, 0.15) is 5.82 Å². The third-order valence-electron chi connectivity index (χ3n) is 2.40. The Hall–Kier alpha value is -1.97. The fourth-order valence-electron chi connectivity index (χ4n) is 1.63. The molecule has 82 valence electrons. The second kappa shape index (κ2) is 3.89. The molecule has 16 heavy (non-hydrogen) atoms. The molecule has 2 rings (SSSR count). The lowest BCUT2D eigenvalue weighted by Crippen LogP contribution is -2.11. The zero-order chi connectivity index (χ0) is 11.7. The van der Waals surface area contributed by atoms with Gasteiger partial charge in [-0.1, -0.05) is 0 Å². The number of hydrogen-bond acceptors (Lipinski definition) is 2. The van der Waals surface area contributed by atoms with Gasteiger partial charge in [-0.25, -0.2) is 9.37 Å². The van der Waals surface area contributed by atoms with Crippen LogP contribution < -0.4 is 5.56 Å². The van der Waals surface area contributed by atoms with Crippen molar-refractivity contribution in [2.45, 2.75) is 13.8 Å². The third kappa shape index (κ3) is 1.86. The van der Waals surface area contributed by atoms with Crippen molar-refractivity contribution in [3.8, 4) is 11.3 Å². The highest BCUT2D eigenvalue weighted by atomic mass is 19.1. The maximum absolute atomic E-state index is 13.2. The van der Waals surface area contributed by atoms with Gasteiger partial charge in [0.2, 0.25) is 0 Å². The number of nitrogens with one attached hydrogen (secondary N) is 1. The van der Waals surface area contributed by atoms with Crippen molar-refractivity contribution >= 4 is 0 Å². The fourth-order valence-corrected chi connectivity index (χ4v) is 1.63. The molecule has 2 aromatic rings. The largest absolute Gasteiger partial charge is 0.313 e. The summed E-state index contributed by atoms with van der Waals surface area (Å²) in [6.45, 7) is 3.47. The van der Waals surface area contributed by atoms with Crippen LogP contribution in [0.2, 0.25) is 0 Å². The number of aromatic nitrogens is 2. The number of rotatable bonds is 1. The van der Waals surface area contributed by atoms with Gasteiger partial charge in [0.25, 0.3) is 5.56 Å². The van der Waals surface area contributed by atoms with Gasteiger partial charge < -0.3 is 4.98 Å². The molecule has 1 aromatic heterocycles. The molecule has 3 nitrogen and oxygen atoms in total. The number of halogens is 1. The smallest absolute Gasteiger partial charge is 0.254 e. The minimum atomic E-state index is -0.323. The molecule has 0 bridgehead atoms. The van der Waals surface area contributed by atoms with Crippen molar-refractivity contribution < 1.29 is 4.39 Å². The molecule has 0 spiro atoms. The van der Waals surface area contributed by atoms with Crippen LogP contribution in [0.15, 0.2) is 29.3 Å². The third-order valence-corrected chi connectivity index (χ3v) is 2.40. The van der Waals surface area contributed by atoms with Gasteiger partial charge in [-0.2, -0.15) is 0 Å². The Morgan fingerprint density at radius 3 is 2.69 bits per heavy atom. The molecule has 1 N–H and O–H groups in total. The van der Waals surface area contributed by atoms with E-state index in [1.54, 1.807) is 19.9 Å². The Labute approximate surface area is 92.0 Å². The molecule has 0 aliphatic heterocycles. The van der Waals surface area contributed by atoms with Crippen LogP contribution in [0, 0.1) is 19.7 Å². The van der Waals surface area contributed by atoms with E-state index in [2.05, 4.69) is 9.97 Å². The predicted octanol–water partition coefficient (Wildman–Crippen LogP) is 2.19. The standard InChI is InChI=1S/C12H11FN2O/c1-7-3-9(5-10(13)4-7)11-8(2)12(16)15-6-14-11/h3-6H,1-2H3,(H,14,15,16). The summed E-state index contributed by atoms with van der Waals surface area (Å²) in [5.74, 6) is -0.323. The molecule has 0 saturated heterocycles. The minimum Gasteiger partial charge on any atom is -0.313 e. The highest BCUT2D eigenvalue weighted by molar-refractivity contribution is 5.62. The molecular weight excluding hydrogens is 207 g/mol. The summed E-state index contributed by atoms with van der Waals surface area (Å²) < 4.78 is 13.2. The van der Waals surface area contributed by atoms with Crippen LogP contribution in [0.3, 0.4) is 0 Å². The topological polar surface area (TPSA) is 45.8 Å². The highest BCUT2D eigenvalue weighted by Gasteiger charge is 2.07. The van der Waals surface area contributed by atoms with E-state index in [4.69, 9.17) is 0 Å². The number of aryl methyl sites for hydroxylation is 1. The molecule has 0 fully saturated rings. The van der Waals surface area contributed by atoms with E-state index in [1.165, 1.54) is 18.5 Å². The van der Waals surface area contributed by atoms with Crippen molar-refractivity contribution in [1.82, 2.24) is 9.97 Å². The Balaban J connectivity index is 2.67. The Morgan fingerprint density at radius 1 is 1.25 bits per heavy atom. The van der Waals surface area contributed by atoms with E-state index in [9.17, 15) is 9.18 Å². The summed E-state index contributed by atoms with van der Waals surface area (Å²) in [5.41, 5.74) is 2.24. The van der Waals surface area contributed by atoms with Gasteiger partial charge in [-0.15, -0.1) is 0 Å². The highest BCUT2D eigenvalue weighted by Crippen LogP contribution is 2.20. The molecule has 0 atom stereocenters. The quantitative estimate of drug-likeness (QED) is 0.797. The van der Waals surface area contributed by atoms with Gasteiger partial charge in [0.15, 0.2) is 0 Å². The van der Waals surface area contributed by atoms with Crippen LogP contribution in [0.4, 0.5) is 4.39 Å². The first-order chi connectivity index (χ1) is 7.58. The van der Waals surface area contributed by atoms with Gasteiger partial charge in [0.05, 0.1) is 12.0 Å². The summed E-state index contributed by atoms with van der Waals surface area (Å²) in [5, 5.41) is 0. The van der Waals surface area contributed by atoms with Gasteiger partial charge in [-0.3, -0.25) is 4.79 Å². The van der Waals surface area contributed by atoms with E-state index < -0.39 is 0 Å². The lowest BCUT2D eigenvalue weighted by Gasteiger charge is -2.05. The first-order valence-electron chi connectivity index (χ1n) is 4.90. The summed E-state index contributed by atoms with van der Waals surface area (Å²) in [6.07, 6.45) is 1.32. The molecule has 0 radical (unpaired) electrons. The van der Waals surface area contributed by atoms with Gasteiger partial charge >= 0.3 is 0 Å². The average molecular weight is 218 g/mol. The van der Waals surface area contributed by atoms with Crippen molar-refractivity contribution in [3.63, 3.8) is 0 Å². The maximum atomic E-state index is 13.2. The van der Waals surface area contributed by atoms with Gasteiger partial charge in [-0.05, 0) is 37.6 Å². The summed E-state index contributed by atoms with van der Waals surface area (Å²) in [4.78, 5) is 17.9. The monoisotopic (exact) mass is 218 g/mol. The van der Waals surface area contributed by atoms with E-state index in [0.29, 0.717) is 16.8 Å². The molecule has 0 amide bonds. The Morgan fingerprint density at radius 2 is 2.00 bits per heavy atom. The van der Waals surface area contributed by atoms with Crippen molar-refractivity contribution in [1.29, 1.82) is 0 Å². The van der Waals surface area contributed by atoms with Gasteiger partial charge in [0, 0.05) is 11.1 Å². The number of H-pyrrole nitrogens is 1. The fraction of sp³-hybridized carbons (Fsp3) is 0.167. The van der Waals surface area contributed by atoms with E-state index in [-0.39, 0.29) is 11.4 Å². The minimum absolute atomic E-state index is 0.202. The number of benzene rings is 1. The molecule has 0 saturated carbocycles. The lowest BCUT2D eigenvalue weighted by atomic mass is 10.1. The summed E-state index contributed by atoms with van der Waals surface area (Å²) in [7, 11) is 0. The van der Waals surface area contributed by atoms with E-state index in [0.717, 1.165) is 5.56 Å². The number of hydrogen-bond donors (Lipinski definition) is 1. The van der Waals surface area contributed by atoms with Crippen LogP contribution in [0.25, 0.3) is 11.3 Å². The molecule has 0 unspecified atom stereocenters. The molecule has 1 heterocycles. The lowest BCUT2D eigenvalue weighted by molar-refractivity contribution is 0.627. The van der Waals surface area contributed by atoms with Crippen LogP contribution in [0.5, 0.6) is 0 Å². The molecule has 4 heteroatoms. The number of aromatic amines is 1. The second-order valence-corrected chi connectivity index (χ2v) is 3.72. The molecule has 0 aliphatic rings. The summed E-state index contributed by atoms with van der Waals surface area (Å²) in [6, 6.07) is 4.62. The first kappa shape index (κ1) is 10.5. The van der Waals surface area contributed by atoms with E-state index >= 15 is 0 Å². The molecular formula is C12H11FN2O. The number of nitrogens with zero attached hydrogens (tertiary/aromatic N) is 1. The van der Waals surface area contributed by atoms with Crippen LogP contribution in [-0.2, 0) is 0 Å². The zero-order valence-electron chi connectivity index (χ0n) is 9.04. The van der Waals surface area contributed by atoms with Crippen molar-refractivity contribution in [3.05, 3.63) is 51.8 Å². The SMILES string of the molecule is Cc1cc(F)cc(-c2nc[nH]c(=O)c2C)c1. The molecule has 0 aliphatic carbocycles. The molecule has 1 aromatic carbocycles. The van der Waals surface area contributed by atoms with Crippen LogP contribution >= 0.6 is 0 Å². The predicted molar refractivity (Wildman–Crippen MR) is 59.7 cm³/mol.